The number of ether oxygens (including phenoxy) is 2. The molecule has 0 aliphatic carbocycles. The Bertz CT molecular complexity index is 549. The molecule has 4 heteroatoms. The van der Waals surface area contributed by atoms with Crippen LogP contribution in [-0.4, -0.2) is 25.5 Å². The minimum Gasteiger partial charge on any atom is -0.492 e. The number of Topliss-reactive ketones (excluding diaryl/α,β-unsaturated/α-hetero) is 1. The Balaban J connectivity index is 2.18. The summed E-state index contributed by atoms with van der Waals surface area (Å²) in [6, 6.07) is 5.19. The van der Waals surface area contributed by atoms with Crippen LogP contribution in [0.5, 0.6) is 5.75 Å². The van der Waals surface area contributed by atoms with Gasteiger partial charge in [0.1, 0.15) is 12.2 Å². The highest BCUT2D eigenvalue weighted by Gasteiger charge is 2.18. The van der Waals surface area contributed by atoms with Crippen molar-refractivity contribution in [3.05, 3.63) is 29.3 Å². The van der Waals surface area contributed by atoms with Gasteiger partial charge in [-0.2, -0.15) is 0 Å². The van der Waals surface area contributed by atoms with Crippen molar-refractivity contribution in [1.29, 1.82) is 0 Å². The van der Waals surface area contributed by atoms with E-state index in [9.17, 15) is 9.59 Å². The van der Waals surface area contributed by atoms with Gasteiger partial charge in [0.15, 0.2) is 5.78 Å². The summed E-state index contributed by atoms with van der Waals surface area (Å²) >= 11 is 0. The molecule has 1 aromatic rings. The van der Waals surface area contributed by atoms with Crippen molar-refractivity contribution in [2.75, 3.05) is 13.7 Å². The summed E-state index contributed by atoms with van der Waals surface area (Å²) in [5.74, 6) is 5.81. The Morgan fingerprint density at radius 3 is 3.11 bits per heavy atom. The summed E-state index contributed by atoms with van der Waals surface area (Å²) in [5, 5.41) is 0. The standard InChI is InChI=1S/C14H12O4/c1-17-14(16)4-2-3-10-5-6-13-11(9-10)12(15)7-8-18-13/h5-6,9H,4,7-8H2,1H3. The van der Waals surface area contributed by atoms with Gasteiger partial charge in [0.25, 0.3) is 0 Å². The molecule has 0 atom stereocenters. The molecule has 0 unspecified atom stereocenters. The SMILES string of the molecule is COC(=O)CC#Cc1ccc2c(c1)C(=O)CCO2. The fourth-order valence-electron chi connectivity index (χ4n) is 1.63. The highest BCUT2D eigenvalue weighted by Crippen LogP contribution is 2.25. The van der Waals surface area contributed by atoms with Gasteiger partial charge in [-0.1, -0.05) is 11.8 Å². The molecule has 4 nitrogen and oxygen atoms in total. The molecule has 0 amide bonds. The summed E-state index contributed by atoms with van der Waals surface area (Å²) < 4.78 is 9.85. The predicted octanol–water partition coefficient (Wildman–Crippen LogP) is 1.57. The molecule has 0 radical (unpaired) electrons. The second-order valence-corrected chi connectivity index (χ2v) is 3.79. The lowest BCUT2D eigenvalue weighted by Crippen LogP contribution is -2.15. The number of benzene rings is 1. The van der Waals surface area contributed by atoms with E-state index in [2.05, 4.69) is 16.6 Å². The average molecular weight is 244 g/mol. The summed E-state index contributed by atoms with van der Waals surface area (Å²) in [6.45, 7) is 0.430. The van der Waals surface area contributed by atoms with Crippen LogP contribution in [0.25, 0.3) is 0 Å². The van der Waals surface area contributed by atoms with Gasteiger partial charge in [-0.05, 0) is 18.2 Å². The van der Waals surface area contributed by atoms with Crippen molar-refractivity contribution < 1.29 is 19.1 Å². The van der Waals surface area contributed by atoms with E-state index in [0.29, 0.717) is 29.9 Å². The maximum absolute atomic E-state index is 11.7. The molecule has 0 fully saturated rings. The molecule has 18 heavy (non-hydrogen) atoms. The quantitative estimate of drug-likeness (QED) is 0.555. The third-order valence-electron chi connectivity index (χ3n) is 2.56. The lowest BCUT2D eigenvalue weighted by molar-refractivity contribution is -0.139. The molecule has 2 rings (SSSR count). The molecule has 1 aliphatic heterocycles. The van der Waals surface area contributed by atoms with E-state index in [4.69, 9.17) is 4.74 Å². The molecule has 0 N–H and O–H groups in total. The van der Waals surface area contributed by atoms with Crippen LogP contribution >= 0.6 is 0 Å². The minimum atomic E-state index is -0.375. The predicted molar refractivity (Wildman–Crippen MR) is 64.4 cm³/mol. The molecule has 0 aromatic heterocycles. The van der Waals surface area contributed by atoms with E-state index >= 15 is 0 Å². The van der Waals surface area contributed by atoms with Crippen molar-refractivity contribution in [2.45, 2.75) is 12.8 Å². The fourth-order valence-corrected chi connectivity index (χ4v) is 1.63. The number of hydrogen-bond acceptors (Lipinski definition) is 4. The number of esters is 1. The number of methoxy groups -OCH3 is 1. The maximum atomic E-state index is 11.7. The molecule has 0 bridgehead atoms. The number of carbonyl (C=O) groups is 2. The van der Waals surface area contributed by atoms with Gasteiger partial charge in [-0.25, -0.2) is 0 Å². The summed E-state index contributed by atoms with van der Waals surface area (Å²) in [4.78, 5) is 22.6. The second kappa shape index (κ2) is 5.37. The normalized spacial score (nSPS) is 12.8. The highest BCUT2D eigenvalue weighted by atomic mass is 16.5. The van der Waals surface area contributed by atoms with Crippen LogP contribution in [0.2, 0.25) is 0 Å². The molecular weight excluding hydrogens is 232 g/mol. The number of ketones is 1. The van der Waals surface area contributed by atoms with Gasteiger partial charge in [-0.15, -0.1) is 0 Å². The zero-order valence-corrected chi connectivity index (χ0v) is 9.99. The smallest absolute Gasteiger partial charge is 0.317 e. The summed E-state index contributed by atoms with van der Waals surface area (Å²) in [5.41, 5.74) is 1.25. The van der Waals surface area contributed by atoms with E-state index in [-0.39, 0.29) is 18.2 Å². The van der Waals surface area contributed by atoms with E-state index in [0.717, 1.165) is 0 Å². The Labute approximate surface area is 105 Å². The zero-order valence-electron chi connectivity index (χ0n) is 9.99. The molecular formula is C14H12O4. The average Bonchev–Trinajstić information content (AvgIpc) is 2.39. The van der Waals surface area contributed by atoms with Crippen LogP contribution in [0.15, 0.2) is 18.2 Å². The van der Waals surface area contributed by atoms with Gasteiger partial charge >= 0.3 is 5.97 Å². The van der Waals surface area contributed by atoms with Gasteiger partial charge in [0, 0.05) is 12.0 Å². The van der Waals surface area contributed by atoms with E-state index in [1.165, 1.54) is 7.11 Å². The van der Waals surface area contributed by atoms with Crippen molar-refractivity contribution in [2.24, 2.45) is 0 Å². The van der Waals surface area contributed by atoms with Gasteiger partial charge < -0.3 is 9.47 Å². The molecule has 0 saturated heterocycles. The molecule has 1 heterocycles. The molecule has 0 saturated carbocycles. The van der Waals surface area contributed by atoms with E-state index in [1.54, 1.807) is 18.2 Å². The number of hydrogen-bond donors (Lipinski definition) is 0. The first kappa shape index (κ1) is 12.2. The van der Waals surface area contributed by atoms with Crippen LogP contribution in [-0.2, 0) is 9.53 Å². The molecule has 1 aromatic carbocycles. The minimum absolute atomic E-state index is 0.0397. The van der Waals surface area contributed by atoms with Crippen molar-refractivity contribution in [3.8, 4) is 17.6 Å². The van der Waals surface area contributed by atoms with E-state index in [1.807, 2.05) is 0 Å². The number of fused-ring (bicyclic) bond motifs is 1. The first-order valence-electron chi connectivity index (χ1n) is 5.56. The summed E-state index contributed by atoms with van der Waals surface area (Å²) in [6.07, 6.45) is 0.435. The van der Waals surface area contributed by atoms with Gasteiger partial charge in [-0.3, -0.25) is 9.59 Å². The Morgan fingerprint density at radius 1 is 1.50 bits per heavy atom. The van der Waals surface area contributed by atoms with Gasteiger partial charge in [0.05, 0.1) is 19.3 Å². The first-order valence-corrected chi connectivity index (χ1v) is 5.56. The zero-order chi connectivity index (χ0) is 13.0. The van der Waals surface area contributed by atoms with Crippen LogP contribution < -0.4 is 4.74 Å². The summed E-state index contributed by atoms with van der Waals surface area (Å²) in [7, 11) is 1.32. The maximum Gasteiger partial charge on any atom is 0.317 e. The van der Waals surface area contributed by atoms with Crippen LogP contribution in [0, 0.1) is 11.8 Å². The highest BCUT2D eigenvalue weighted by molar-refractivity contribution is 5.99. The Kier molecular flexibility index (Phi) is 3.63. The fraction of sp³-hybridized carbons (Fsp3) is 0.286. The molecule has 0 spiro atoms. The van der Waals surface area contributed by atoms with Crippen LogP contribution in [0.1, 0.15) is 28.8 Å². The number of rotatable bonds is 1. The lowest BCUT2D eigenvalue weighted by Gasteiger charge is -2.15. The van der Waals surface area contributed by atoms with Crippen LogP contribution in [0.4, 0.5) is 0 Å². The lowest BCUT2D eigenvalue weighted by atomic mass is 10.0. The second-order valence-electron chi connectivity index (χ2n) is 3.79. The van der Waals surface area contributed by atoms with Crippen molar-refractivity contribution in [1.82, 2.24) is 0 Å². The van der Waals surface area contributed by atoms with Crippen LogP contribution in [0.3, 0.4) is 0 Å². The van der Waals surface area contributed by atoms with Crippen molar-refractivity contribution in [3.63, 3.8) is 0 Å². The van der Waals surface area contributed by atoms with Gasteiger partial charge in [0.2, 0.25) is 0 Å². The molecule has 92 valence electrons. The number of carbonyl (C=O) groups excluding carboxylic acids is 2. The topological polar surface area (TPSA) is 52.6 Å². The van der Waals surface area contributed by atoms with Crippen molar-refractivity contribution >= 4 is 11.8 Å². The monoisotopic (exact) mass is 244 g/mol. The Hall–Kier alpha value is -2.28. The van der Waals surface area contributed by atoms with E-state index < -0.39 is 0 Å². The first-order chi connectivity index (χ1) is 8.70. The third-order valence-corrected chi connectivity index (χ3v) is 2.56. The Morgan fingerprint density at radius 2 is 2.33 bits per heavy atom. The largest absolute Gasteiger partial charge is 0.492 e. The third kappa shape index (κ3) is 2.69. The molecule has 1 aliphatic rings.